The molecule has 2 N–H and O–H groups in total. The molecule has 1 aromatic carbocycles. The largest absolute Gasteiger partial charge is 0.376 e. The lowest BCUT2D eigenvalue weighted by molar-refractivity contribution is -0.947. The van der Waals surface area contributed by atoms with Gasteiger partial charge in [-0.15, -0.1) is 0 Å². The lowest BCUT2D eigenvalue weighted by Crippen LogP contribution is -3.17. The number of ketones is 1. The standard InChI is InChI=1S/C16H21NO2/c1-17-13(12-7-3-2-4-8-12)11-15(18)16(19)10-6-5-9-14(16)17/h2-4,7-8,13-14,19H,5-6,9-11H2,1H3/p+1/t13-,14+,16+/m0/s1. The van der Waals surface area contributed by atoms with Crippen LogP contribution in [-0.2, 0) is 4.79 Å². The summed E-state index contributed by atoms with van der Waals surface area (Å²) in [5, 5.41) is 10.7. The van der Waals surface area contributed by atoms with Crippen molar-refractivity contribution >= 4 is 5.78 Å². The van der Waals surface area contributed by atoms with Crippen molar-refractivity contribution in [3.8, 4) is 0 Å². The van der Waals surface area contributed by atoms with E-state index in [4.69, 9.17) is 0 Å². The summed E-state index contributed by atoms with van der Waals surface area (Å²) in [6.45, 7) is 0. The number of Topliss-reactive ketones (excluding diaryl/α,β-unsaturated/α-hetero) is 1. The fraction of sp³-hybridized carbons (Fsp3) is 0.562. The molecule has 1 heterocycles. The van der Waals surface area contributed by atoms with E-state index in [2.05, 4.69) is 19.2 Å². The van der Waals surface area contributed by atoms with Gasteiger partial charge >= 0.3 is 0 Å². The number of likely N-dealkylation sites (N-methyl/N-ethyl adjacent to an activating group) is 1. The van der Waals surface area contributed by atoms with Crippen molar-refractivity contribution in [1.29, 1.82) is 0 Å². The number of rotatable bonds is 1. The Balaban J connectivity index is 1.93. The topological polar surface area (TPSA) is 41.7 Å². The van der Waals surface area contributed by atoms with Crippen LogP contribution in [0.2, 0.25) is 0 Å². The quantitative estimate of drug-likeness (QED) is 0.787. The molecule has 1 saturated carbocycles. The average Bonchev–Trinajstić information content (AvgIpc) is 2.44. The summed E-state index contributed by atoms with van der Waals surface area (Å²) in [5.74, 6) is 0.0525. The van der Waals surface area contributed by atoms with Gasteiger partial charge in [0, 0.05) is 12.0 Å². The van der Waals surface area contributed by atoms with Crippen molar-refractivity contribution in [2.45, 2.75) is 49.8 Å². The molecule has 0 radical (unpaired) electrons. The lowest BCUT2D eigenvalue weighted by Gasteiger charge is -2.47. The first-order valence-corrected chi connectivity index (χ1v) is 7.27. The van der Waals surface area contributed by atoms with Crippen LogP contribution in [0.4, 0.5) is 0 Å². The van der Waals surface area contributed by atoms with Crippen LogP contribution >= 0.6 is 0 Å². The molecule has 2 aliphatic rings. The molecule has 19 heavy (non-hydrogen) atoms. The second kappa shape index (κ2) is 4.73. The molecule has 2 fully saturated rings. The second-order valence-electron chi connectivity index (χ2n) is 6.06. The number of quaternary nitrogens is 1. The van der Waals surface area contributed by atoms with Crippen molar-refractivity contribution in [2.75, 3.05) is 7.05 Å². The molecule has 0 amide bonds. The summed E-state index contributed by atoms with van der Waals surface area (Å²) in [4.78, 5) is 13.7. The molecule has 1 aromatic rings. The summed E-state index contributed by atoms with van der Waals surface area (Å²) < 4.78 is 0. The molecule has 4 atom stereocenters. The molecule has 0 bridgehead atoms. The van der Waals surface area contributed by atoms with Crippen LogP contribution < -0.4 is 4.90 Å². The highest BCUT2D eigenvalue weighted by Crippen LogP contribution is 2.34. The molecule has 0 aromatic heterocycles. The fourth-order valence-corrected chi connectivity index (χ4v) is 3.93. The Morgan fingerprint density at radius 3 is 2.74 bits per heavy atom. The van der Waals surface area contributed by atoms with Gasteiger partial charge in [0.05, 0.1) is 13.5 Å². The highest BCUT2D eigenvalue weighted by molar-refractivity contribution is 5.89. The van der Waals surface area contributed by atoms with E-state index in [9.17, 15) is 9.90 Å². The van der Waals surface area contributed by atoms with Crippen LogP contribution in [0.15, 0.2) is 30.3 Å². The van der Waals surface area contributed by atoms with Crippen LogP contribution in [0.3, 0.4) is 0 Å². The number of benzene rings is 1. The smallest absolute Gasteiger partial charge is 0.176 e. The van der Waals surface area contributed by atoms with Crippen molar-refractivity contribution in [1.82, 2.24) is 0 Å². The number of carbonyl (C=O) groups excluding carboxylic acids is 1. The zero-order valence-electron chi connectivity index (χ0n) is 11.4. The highest BCUT2D eigenvalue weighted by Gasteiger charge is 2.55. The second-order valence-corrected chi connectivity index (χ2v) is 6.06. The lowest BCUT2D eigenvalue weighted by atomic mass is 9.71. The minimum Gasteiger partial charge on any atom is -0.376 e. The first kappa shape index (κ1) is 12.8. The maximum absolute atomic E-state index is 12.4. The van der Waals surface area contributed by atoms with Crippen molar-refractivity contribution < 1.29 is 14.8 Å². The predicted octanol–water partition coefficient (Wildman–Crippen LogP) is 0.889. The van der Waals surface area contributed by atoms with Gasteiger partial charge in [-0.1, -0.05) is 30.3 Å². The van der Waals surface area contributed by atoms with Crippen LogP contribution in [0.5, 0.6) is 0 Å². The van der Waals surface area contributed by atoms with Crippen LogP contribution in [-0.4, -0.2) is 29.6 Å². The van der Waals surface area contributed by atoms with Crippen molar-refractivity contribution in [2.24, 2.45) is 0 Å². The van der Waals surface area contributed by atoms with Gasteiger partial charge in [0.15, 0.2) is 11.4 Å². The van der Waals surface area contributed by atoms with E-state index >= 15 is 0 Å². The third-order valence-corrected chi connectivity index (χ3v) is 5.05. The maximum atomic E-state index is 12.4. The first-order valence-electron chi connectivity index (χ1n) is 7.27. The van der Waals surface area contributed by atoms with Gasteiger partial charge < -0.3 is 10.0 Å². The van der Waals surface area contributed by atoms with Gasteiger partial charge in [0.25, 0.3) is 0 Å². The maximum Gasteiger partial charge on any atom is 0.176 e. The molecule has 3 rings (SSSR count). The fourth-order valence-electron chi connectivity index (χ4n) is 3.93. The Labute approximate surface area is 114 Å². The van der Waals surface area contributed by atoms with E-state index < -0.39 is 5.60 Å². The normalized spacial score (nSPS) is 38.8. The number of piperidine rings is 1. The minimum absolute atomic E-state index is 0.0525. The third-order valence-electron chi connectivity index (χ3n) is 5.05. The van der Waals surface area contributed by atoms with E-state index in [1.807, 2.05) is 18.2 Å². The highest BCUT2D eigenvalue weighted by atomic mass is 16.3. The summed E-state index contributed by atoms with van der Waals surface area (Å²) in [6, 6.07) is 10.5. The van der Waals surface area contributed by atoms with E-state index in [0.29, 0.717) is 12.8 Å². The van der Waals surface area contributed by atoms with Gasteiger partial charge in [-0.05, 0) is 19.3 Å². The number of aliphatic hydroxyl groups is 1. The monoisotopic (exact) mass is 260 g/mol. The molecule has 0 spiro atoms. The Kier molecular flexibility index (Phi) is 3.19. The van der Waals surface area contributed by atoms with E-state index in [0.717, 1.165) is 19.3 Å². The molecule has 1 unspecified atom stereocenters. The molecular formula is C16H22NO2+. The molecular weight excluding hydrogens is 238 g/mol. The molecule has 1 aliphatic carbocycles. The van der Waals surface area contributed by atoms with Gasteiger partial charge in [-0.2, -0.15) is 0 Å². The summed E-state index contributed by atoms with van der Waals surface area (Å²) >= 11 is 0. The van der Waals surface area contributed by atoms with Gasteiger partial charge in [-0.25, -0.2) is 0 Å². The Bertz CT molecular complexity index is 473. The Hall–Kier alpha value is -1.19. The molecule has 3 heteroatoms. The summed E-state index contributed by atoms with van der Waals surface area (Å²) in [6.07, 6.45) is 4.16. The Morgan fingerprint density at radius 1 is 1.26 bits per heavy atom. The van der Waals surface area contributed by atoms with E-state index in [-0.39, 0.29) is 17.9 Å². The van der Waals surface area contributed by atoms with Gasteiger partial charge in [-0.3, -0.25) is 4.79 Å². The molecule has 3 nitrogen and oxygen atoms in total. The minimum atomic E-state index is -1.06. The van der Waals surface area contributed by atoms with E-state index in [1.165, 1.54) is 10.5 Å². The third kappa shape index (κ3) is 2.01. The average molecular weight is 260 g/mol. The summed E-state index contributed by atoms with van der Waals surface area (Å²) in [7, 11) is 2.13. The van der Waals surface area contributed by atoms with Crippen molar-refractivity contribution in [3.05, 3.63) is 35.9 Å². The van der Waals surface area contributed by atoms with Crippen LogP contribution in [0.25, 0.3) is 0 Å². The van der Waals surface area contributed by atoms with Crippen molar-refractivity contribution in [3.63, 3.8) is 0 Å². The summed E-state index contributed by atoms with van der Waals surface area (Å²) in [5.41, 5.74) is 0.147. The van der Waals surface area contributed by atoms with Gasteiger partial charge in [0.2, 0.25) is 0 Å². The zero-order chi connectivity index (χ0) is 13.5. The number of hydrogen-bond donors (Lipinski definition) is 2. The molecule has 102 valence electrons. The zero-order valence-corrected chi connectivity index (χ0v) is 11.4. The van der Waals surface area contributed by atoms with E-state index in [1.54, 1.807) is 0 Å². The Morgan fingerprint density at radius 2 is 2.00 bits per heavy atom. The predicted molar refractivity (Wildman–Crippen MR) is 72.9 cm³/mol. The van der Waals surface area contributed by atoms with Crippen LogP contribution in [0.1, 0.15) is 43.7 Å². The number of carbonyl (C=O) groups is 1. The number of hydrogen-bond acceptors (Lipinski definition) is 2. The van der Waals surface area contributed by atoms with Gasteiger partial charge in [0.1, 0.15) is 12.1 Å². The first-order chi connectivity index (χ1) is 9.13. The molecule has 1 aliphatic heterocycles. The number of fused-ring (bicyclic) bond motifs is 1. The van der Waals surface area contributed by atoms with Crippen LogP contribution in [0, 0.1) is 0 Å². The number of likely N-dealkylation sites (tertiary alicyclic amines) is 1. The SMILES string of the molecule is C[NH+]1[C@H](c2ccccc2)CC(=O)[C@@]2(O)CCCC[C@@H]12. The number of nitrogens with one attached hydrogen (secondary N) is 1. The molecule has 1 saturated heterocycles.